The minimum absolute atomic E-state index is 0.0395. The maximum Gasteiger partial charge on any atom is 0.345 e. The number of imide groups is 1. The van der Waals surface area contributed by atoms with Crippen LogP contribution in [0.3, 0.4) is 0 Å². The van der Waals surface area contributed by atoms with Gasteiger partial charge in [0.05, 0.1) is 4.92 Å². The number of hydrogen-bond donors (Lipinski definition) is 2. The molecule has 1 aromatic rings. The van der Waals surface area contributed by atoms with Gasteiger partial charge < -0.3 is 10.1 Å². The molecule has 0 saturated heterocycles. The SMILES string of the molecule is CC(OC(=O)c1ccccc1[N+](=O)[O-])C(=O)NC(=O)NC1CCCC1. The van der Waals surface area contributed by atoms with Crippen LogP contribution in [0.4, 0.5) is 10.5 Å². The lowest BCUT2D eigenvalue weighted by Crippen LogP contribution is -2.47. The Morgan fingerprint density at radius 3 is 2.52 bits per heavy atom. The molecular weight excluding hydrogens is 330 g/mol. The van der Waals surface area contributed by atoms with Crippen molar-refractivity contribution in [3.63, 3.8) is 0 Å². The van der Waals surface area contributed by atoms with Gasteiger partial charge in [-0.15, -0.1) is 0 Å². The number of nitrogens with zero attached hydrogens (tertiary/aromatic N) is 1. The summed E-state index contributed by atoms with van der Waals surface area (Å²) in [6.45, 7) is 1.28. The quantitative estimate of drug-likeness (QED) is 0.475. The van der Waals surface area contributed by atoms with Crippen molar-refractivity contribution in [1.29, 1.82) is 0 Å². The molecule has 134 valence electrons. The molecule has 3 amide bonds. The summed E-state index contributed by atoms with van der Waals surface area (Å²) in [5.74, 6) is -1.81. The molecule has 0 heterocycles. The Balaban J connectivity index is 1.91. The zero-order valence-electron chi connectivity index (χ0n) is 13.7. The van der Waals surface area contributed by atoms with Crippen molar-refractivity contribution in [1.82, 2.24) is 10.6 Å². The van der Waals surface area contributed by atoms with E-state index in [1.54, 1.807) is 0 Å². The Bertz CT molecular complexity index is 684. The van der Waals surface area contributed by atoms with Crippen LogP contribution in [0.2, 0.25) is 0 Å². The predicted octanol–water partition coefficient (Wildman–Crippen LogP) is 1.91. The molecule has 1 fully saturated rings. The lowest BCUT2D eigenvalue weighted by molar-refractivity contribution is -0.385. The van der Waals surface area contributed by atoms with Crippen LogP contribution >= 0.6 is 0 Å². The van der Waals surface area contributed by atoms with Gasteiger partial charge in [-0.3, -0.25) is 20.2 Å². The summed E-state index contributed by atoms with van der Waals surface area (Å²) in [6.07, 6.45) is 2.51. The number of carbonyl (C=O) groups is 3. The highest BCUT2D eigenvalue weighted by molar-refractivity contribution is 5.99. The van der Waals surface area contributed by atoms with E-state index in [4.69, 9.17) is 4.74 Å². The van der Waals surface area contributed by atoms with Gasteiger partial charge in [-0.05, 0) is 25.8 Å². The largest absolute Gasteiger partial charge is 0.449 e. The third-order valence-corrected chi connectivity index (χ3v) is 3.90. The highest BCUT2D eigenvalue weighted by atomic mass is 16.6. The molecule has 2 N–H and O–H groups in total. The second kappa shape index (κ2) is 8.22. The van der Waals surface area contributed by atoms with Crippen LogP contribution in [-0.4, -0.2) is 35.0 Å². The first kappa shape index (κ1) is 18.4. The van der Waals surface area contributed by atoms with Crippen molar-refractivity contribution in [2.45, 2.75) is 44.8 Å². The van der Waals surface area contributed by atoms with Gasteiger partial charge in [0.1, 0.15) is 5.56 Å². The van der Waals surface area contributed by atoms with E-state index >= 15 is 0 Å². The maximum atomic E-state index is 12.0. The fourth-order valence-corrected chi connectivity index (χ4v) is 2.59. The summed E-state index contributed by atoms with van der Waals surface area (Å²) in [7, 11) is 0. The van der Waals surface area contributed by atoms with Crippen molar-refractivity contribution < 1.29 is 24.0 Å². The topological polar surface area (TPSA) is 128 Å². The van der Waals surface area contributed by atoms with E-state index in [1.165, 1.54) is 25.1 Å². The summed E-state index contributed by atoms with van der Waals surface area (Å²) in [6, 6.07) is 4.65. The standard InChI is InChI=1S/C16H19N3O6/c1-10(14(20)18-16(22)17-11-6-2-3-7-11)25-15(21)12-8-4-5-9-13(12)19(23)24/h4-5,8-11H,2-3,6-7H2,1H3,(H2,17,18,20,22). The number of carbonyl (C=O) groups excluding carboxylic acids is 3. The van der Waals surface area contributed by atoms with Gasteiger partial charge in [-0.2, -0.15) is 0 Å². The van der Waals surface area contributed by atoms with E-state index in [2.05, 4.69) is 10.6 Å². The molecule has 0 aromatic heterocycles. The molecule has 25 heavy (non-hydrogen) atoms. The summed E-state index contributed by atoms with van der Waals surface area (Å²) in [5.41, 5.74) is -0.679. The van der Waals surface area contributed by atoms with E-state index in [1.807, 2.05) is 0 Å². The number of urea groups is 1. The van der Waals surface area contributed by atoms with Crippen LogP contribution < -0.4 is 10.6 Å². The molecule has 0 bridgehead atoms. The molecule has 1 aliphatic carbocycles. The van der Waals surface area contributed by atoms with Crippen LogP contribution in [0.25, 0.3) is 0 Å². The molecule has 0 radical (unpaired) electrons. The Morgan fingerprint density at radius 1 is 1.24 bits per heavy atom. The van der Waals surface area contributed by atoms with Crippen LogP contribution in [-0.2, 0) is 9.53 Å². The molecule has 1 aliphatic rings. The minimum atomic E-state index is -1.28. The summed E-state index contributed by atoms with van der Waals surface area (Å²) in [5, 5.41) is 15.7. The molecule has 2 rings (SSSR count). The number of nitro groups is 1. The van der Waals surface area contributed by atoms with Gasteiger partial charge in [0.15, 0.2) is 6.10 Å². The molecular formula is C16H19N3O6. The van der Waals surface area contributed by atoms with Crippen molar-refractivity contribution in [3.8, 4) is 0 Å². The molecule has 1 aromatic carbocycles. The second-order valence-corrected chi connectivity index (χ2v) is 5.77. The van der Waals surface area contributed by atoms with Gasteiger partial charge >= 0.3 is 12.0 Å². The fourth-order valence-electron chi connectivity index (χ4n) is 2.59. The molecule has 0 spiro atoms. The molecule has 1 atom stereocenters. The number of nitrogens with one attached hydrogen (secondary N) is 2. The molecule has 9 nitrogen and oxygen atoms in total. The summed E-state index contributed by atoms with van der Waals surface area (Å²) >= 11 is 0. The molecule has 1 unspecified atom stereocenters. The Labute approximate surface area is 143 Å². The zero-order chi connectivity index (χ0) is 18.4. The van der Waals surface area contributed by atoms with E-state index < -0.39 is 34.6 Å². The Morgan fingerprint density at radius 2 is 1.88 bits per heavy atom. The number of rotatable bonds is 5. The Kier molecular flexibility index (Phi) is 6.04. The lowest BCUT2D eigenvalue weighted by atomic mass is 10.2. The Hall–Kier alpha value is -2.97. The number of benzene rings is 1. The predicted molar refractivity (Wildman–Crippen MR) is 86.9 cm³/mol. The van der Waals surface area contributed by atoms with Crippen molar-refractivity contribution in [2.24, 2.45) is 0 Å². The number of nitro benzene ring substituents is 1. The third kappa shape index (κ3) is 5.00. The average Bonchev–Trinajstić information content (AvgIpc) is 3.07. The van der Waals surface area contributed by atoms with Crippen LogP contribution in [0.5, 0.6) is 0 Å². The van der Waals surface area contributed by atoms with Gasteiger partial charge in [-0.1, -0.05) is 25.0 Å². The number of para-hydroxylation sites is 1. The lowest BCUT2D eigenvalue weighted by Gasteiger charge is -2.15. The van der Waals surface area contributed by atoms with Crippen molar-refractivity contribution >= 4 is 23.6 Å². The van der Waals surface area contributed by atoms with Crippen LogP contribution in [0.15, 0.2) is 24.3 Å². The summed E-state index contributed by atoms with van der Waals surface area (Å²) < 4.78 is 4.92. The highest BCUT2D eigenvalue weighted by Gasteiger charge is 2.26. The first-order chi connectivity index (χ1) is 11.9. The third-order valence-electron chi connectivity index (χ3n) is 3.90. The monoisotopic (exact) mass is 349 g/mol. The zero-order valence-corrected chi connectivity index (χ0v) is 13.7. The van der Waals surface area contributed by atoms with Gasteiger partial charge in [-0.25, -0.2) is 9.59 Å². The van der Waals surface area contributed by atoms with Crippen LogP contribution in [0.1, 0.15) is 43.0 Å². The van der Waals surface area contributed by atoms with Gasteiger partial charge in [0.2, 0.25) is 0 Å². The van der Waals surface area contributed by atoms with Gasteiger partial charge in [0.25, 0.3) is 11.6 Å². The maximum absolute atomic E-state index is 12.0. The smallest absolute Gasteiger partial charge is 0.345 e. The van der Waals surface area contributed by atoms with Crippen LogP contribution in [0, 0.1) is 10.1 Å². The normalized spacial score (nSPS) is 15.2. The van der Waals surface area contributed by atoms with Crippen molar-refractivity contribution in [2.75, 3.05) is 0 Å². The minimum Gasteiger partial charge on any atom is -0.449 e. The first-order valence-corrected chi connectivity index (χ1v) is 7.94. The van der Waals surface area contributed by atoms with E-state index in [9.17, 15) is 24.5 Å². The first-order valence-electron chi connectivity index (χ1n) is 7.94. The van der Waals surface area contributed by atoms with Gasteiger partial charge in [0, 0.05) is 12.1 Å². The molecule has 0 aliphatic heterocycles. The van der Waals surface area contributed by atoms with E-state index in [0.29, 0.717) is 0 Å². The highest BCUT2D eigenvalue weighted by Crippen LogP contribution is 2.19. The second-order valence-electron chi connectivity index (χ2n) is 5.77. The molecule has 9 heteroatoms. The number of esters is 1. The van der Waals surface area contributed by atoms with Crippen molar-refractivity contribution in [3.05, 3.63) is 39.9 Å². The van der Waals surface area contributed by atoms with E-state index in [-0.39, 0.29) is 11.6 Å². The fraction of sp³-hybridized carbons (Fsp3) is 0.438. The molecule has 1 saturated carbocycles. The summed E-state index contributed by atoms with van der Waals surface area (Å²) in [4.78, 5) is 45.9. The van der Waals surface area contributed by atoms with E-state index in [0.717, 1.165) is 31.7 Å². The number of amides is 3. The number of ether oxygens (including phenoxy) is 1. The average molecular weight is 349 g/mol. The number of hydrogen-bond acceptors (Lipinski definition) is 6.